The van der Waals surface area contributed by atoms with Crippen LogP contribution in [0.1, 0.15) is 59.8 Å². The van der Waals surface area contributed by atoms with Crippen molar-refractivity contribution in [2.75, 3.05) is 36.0 Å². The summed E-state index contributed by atoms with van der Waals surface area (Å²) in [5.41, 5.74) is 8.02. The highest BCUT2D eigenvalue weighted by atomic mass is 16.6. The number of rotatable bonds is 14. The Balaban J connectivity index is 1.55. The zero-order chi connectivity index (χ0) is 33.1. The minimum atomic E-state index is -0.787. The average Bonchev–Trinajstić information content (AvgIpc) is 3.53. The molecule has 0 radical (unpaired) electrons. The van der Waals surface area contributed by atoms with E-state index in [1.54, 1.807) is 0 Å². The van der Waals surface area contributed by atoms with Crippen LogP contribution in [0.2, 0.25) is 0 Å². The fourth-order valence-corrected chi connectivity index (χ4v) is 4.69. The van der Waals surface area contributed by atoms with Gasteiger partial charge in [-0.3, -0.25) is 19.7 Å². The smallest absolute Gasteiger partial charge is 0.294 e. The molecular formula is C32H36N10O4. The SMILES string of the molecule is CCN(CC)c1ccc(/C=N\NC(=O)c2nnn(-c3ccc([N+](=O)[O-])cc3)c2C(=O)N/N=C\c2ccc(N(CC)CC)cc2)cc1. The lowest BCUT2D eigenvalue weighted by Crippen LogP contribution is -2.27. The van der Waals surface area contributed by atoms with Crippen molar-refractivity contribution in [3.63, 3.8) is 0 Å². The number of nitrogens with zero attached hydrogens (tertiary/aromatic N) is 8. The second kappa shape index (κ2) is 15.7. The molecule has 0 spiro atoms. The Bertz CT molecular complexity index is 1690. The van der Waals surface area contributed by atoms with Gasteiger partial charge in [-0.25, -0.2) is 15.5 Å². The Kier molecular flexibility index (Phi) is 11.3. The number of hydrogen-bond acceptors (Lipinski definition) is 10. The number of carbonyl (C=O) groups excluding carboxylic acids is 2. The summed E-state index contributed by atoms with van der Waals surface area (Å²) in [6.45, 7) is 11.8. The molecule has 0 aliphatic heterocycles. The largest absolute Gasteiger partial charge is 0.372 e. The molecule has 0 aliphatic rings. The molecule has 14 nitrogen and oxygen atoms in total. The van der Waals surface area contributed by atoms with Gasteiger partial charge in [-0.1, -0.05) is 29.5 Å². The Hall–Kier alpha value is -5.92. The standard InChI is InChI=1S/C32H36N10O4/c1-5-39(6-2)25-13-9-23(10-14-25)21-33-36-31(43)29-30(41(38-35-29)27-17-19-28(20-18-27)42(45)46)32(44)37-34-22-24-11-15-26(16-12-24)40(7-3)8-4/h9-22H,5-8H2,1-4H3,(H,36,43)(H,37,44)/b33-21-,34-22-. The summed E-state index contributed by atoms with van der Waals surface area (Å²) in [4.78, 5) is 41.5. The van der Waals surface area contributed by atoms with E-state index in [2.05, 4.69) is 68.9 Å². The van der Waals surface area contributed by atoms with E-state index in [-0.39, 0.29) is 22.8 Å². The number of hydrogen-bond donors (Lipinski definition) is 2. The van der Waals surface area contributed by atoms with Crippen molar-refractivity contribution >= 4 is 41.3 Å². The summed E-state index contributed by atoms with van der Waals surface area (Å²) in [6, 6.07) is 20.7. The average molecular weight is 625 g/mol. The molecule has 1 aromatic heterocycles. The maximum atomic E-state index is 13.4. The fraction of sp³-hybridized carbons (Fsp3) is 0.250. The van der Waals surface area contributed by atoms with Gasteiger partial charge in [0.05, 0.1) is 23.0 Å². The third-order valence-electron chi connectivity index (χ3n) is 7.21. The van der Waals surface area contributed by atoms with Crippen LogP contribution in [-0.2, 0) is 0 Å². The highest BCUT2D eigenvalue weighted by Gasteiger charge is 2.26. The molecule has 0 bridgehead atoms. The van der Waals surface area contributed by atoms with Gasteiger partial charge >= 0.3 is 0 Å². The third-order valence-corrected chi connectivity index (χ3v) is 7.21. The topological polar surface area (TPSA) is 163 Å². The van der Waals surface area contributed by atoms with Crippen molar-refractivity contribution in [3.8, 4) is 5.69 Å². The number of benzene rings is 3. The quantitative estimate of drug-likeness (QED) is 0.118. The van der Waals surface area contributed by atoms with Crippen LogP contribution in [0.4, 0.5) is 17.1 Å². The number of hydrazone groups is 2. The van der Waals surface area contributed by atoms with Gasteiger partial charge in [-0.2, -0.15) is 10.2 Å². The maximum absolute atomic E-state index is 13.4. The first-order chi connectivity index (χ1) is 22.3. The third kappa shape index (κ3) is 7.96. The van der Waals surface area contributed by atoms with E-state index in [9.17, 15) is 19.7 Å². The fourth-order valence-electron chi connectivity index (χ4n) is 4.69. The lowest BCUT2D eigenvalue weighted by Gasteiger charge is -2.20. The zero-order valence-electron chi connectivity index (χ0n) is 26.1. The maximum Gasteiger partial charge on any atom is 0.294 e. The van der Waals surface area contributed by atoms with Crippen molar-refractivity contribution in [2.24, 2.45) is 10.2 Å². The van der Waals surface area contributed by atoms with E-state index in [1.807, 2.05) is 48.5 Å². The summed E-state index contributed by atoms with van der Waals surface area (Å²) in [5.74, 6) is -1.56. The molecule has 0 fully saturated rings. The van der Waals surface area contributed by atoms with Crippen LogP contribution in [0.3, 0.4) is 0 Å². The van der Waals surface area contributed by atoms with Gasteiger partial charge in [-0.15, -0.1) is 5.10 Å². The second-order valence-corrected chi connectivity index (χ2v) is 9.90. The van der Waals surface area contributed by atoms with Gasteiger partial charge in [0.1, 0.15) is 0 Å². The molecule has 14 heteroatoms. The van der Waals surface area contributed by atoms with Crippen molar-refractivity contribution in [2.45, 2.75) is 27.7 Å². The van der Waals surface area contributed by atoms with Gasteiger partial charge in [0.15, 0.2) is 11.4 Å². The molecular weight excluding hydrogens is 588 g/mol. The normalized spacial score (nSPS) is 11.1. The van der Waals surface area contributed by atoms with E-state index in [4.69, 9.17) is 0 Å². The van der Waals surface area contributed by atoms with Gasteiger partial charge in [-0.05, 0) is 75.2 Å². The van der Waals surface area contributed by atoms with Crippen LogP contribution >= 0.6 is 0 Å². The summed E-state index contributed by atoms with van der Waals surface area (Å²) in [6.07, 6.45) is 2.94. The molecule has 3 aromatic carbocycles. The number of nitro groups is 1. The van der Waals surface area contributed by atoms with Crippen LogP contribution in [0.5, 0.6) is 0 Å². The molecule has 0 unspecified atom stereocenters. The molecule has 46 heavy (non-hydrogen) atoms. The van der Waals surface area contributed by atoms with Crippen molar-refractivity contribution < 1.29 is 14.5 Å². The van der Waals surface area contributed by atoms with Crippen LogP contribution in [0, 0.1) is 10.1 Å². The van der Waals surface area contributed by atoms with E-state index >= 15 is 0 Å². The minimum Gasteiger partial charge on any atom is -0.372 e. The molecule has 1 heterocycles. The van der Waals surface area contributed by atoms with Gasteiger partial charge in [0.2, 0.25) is 0 Å². The Morgan fingerprint density at radius 3 is 1.65 bits per heavy atom. The van der Waals surface area contributed by atoms with E-state index in [0.29, 0.717) is 0 Å². The number of non-ortho nitro benzene ring substituents is 1. The molecule has 0 atom stereocenters. The minimum absolute atomic E-state index is 0.149. The Labute approximate surface area is 266 Å². The highest BCUT2D eigenvalue weighted by molar-refractivity contribution is 6.05. The van der Waals surface area contributed by atoms with Gasteiger partial charge in [0.25, 0.3) is 17.5 Å². The summed E-state index contributed by atoms with van der Waals surface area (Å²) >= 11 is 0. The van der Waals surface area contributed by atoms with E-state index in [0.717, 1.165) is 53.4 Å². The number of amides is 2. The Morgan fingerprint density at radius 1 is 0.761 bits per heavy atom. The molecule has 4 rings (SSSR count). The predicted molar refractivity (Wildman–Crippen MR) is 178 cm³/mol. The second-order valence-electron chi connectivity index (χ2n) is 9.90. The molecule has 4 aromatic rings. The van der Waals surface area contributed by atoms with Crippen molar-refractivity contribution in [1.29, 1.82) is 0 Å². The van der Waals surface area contributed by atoms with Gasteiger partial charge < -0.3 is 9.80 Å². The number of aromatic nitrogens is 3. The number of anilines is 2. The summed E-state index contributed by atoms with van der Waals surface area (Å²) < 4.78 is 1.11. The molecule has 0 saturated carbocycles. The van der Waals surface area contributed by atoms with Crippen molar-refractivity contribution in [1.82, 2.24) is 25.8 Å². The van der Waals surface area contributed by atoms with E-state index < -0.39 is 16.7 Å². The number of carbonyl (C=O) groups is 2. The Morgan fingerprint density at radius 2 is 1.22 bits per heavy atom. The highest BCUT2D eigenvalue weighted by Crippen LogP contribution is 2.19. The monoisotopic (exact) mass is 624 g/mol. The molecule has 2 amide bonds. The lowest BCUT2D eigenvalue weighted by molar-refractivity contribution is -0.384. The summed E-state index contributed by atoms with van der Waals surface area (Å²) in [5, 5.41) is 27.1. The molecule has 238 valence electrons. The van der Waals surface area contributed by atoms with Crippen molar-refractivity contribution in [3.05, 3.63) is 105 Å². The van der Waals surface area contributed by atoms with Crippen LogP contribution < -0.4 is 20.7 Å². The first kappa shape index (κ1) is 33.0. The first-order valence-electron chi connectivity index (χ1n) is 14.9. The van der Waals surface area contributed by atoms with E-state index in [1.165, 1.54) is 36.7 Å². The summed E-state index contributed by atoms with van der Waals surface area (Å²) in [7, 11) is 0. The predicted octanol–water partition coefficient (Wildman–Crippen LogP) is 4.40. The number of nitro benzene ring substituents is 1. The lowest BCUT2D eigenvalue weighted by atomic mass is 10.2. The number of nitrogens with one attached hydrogen (secondary N) is 2. The molecule has 2 N–H and O–H groups in total. The van der Waals surface area contributed by atoms with Gasteiger partial charge in [0, 0.05) is 49.7 Å². The molecule has 0 saturated heterocycles. The van der Waals surface area contributed by atoms with Crippen LogP contribution in [0.15, 0.2) is 83.0 Å². The zero-order valence-corrected chi connectivity index (χ0v) is 26.1. The van der Waals surface area contributed by atoms with Crippen LogP contribution in [0.25, 0.3) is 5.69 Å². The van der Waals surface area contributed by atoms with Crippen LogP contribution in [-0.4, -0.2) is 70.3 Å². The molecule has 0 aliphatic carbocycles. The first-order valence-corrected chi connectivity index (χ1v) is 14.9.